The molecule has 0 atom stereocenters. The van der Waals surface area contributed by atoms with Gasteiger partial charge in [-0.2, -0.15) is 8.78 Å². The number of carbonyl (C=O) groups is 1. The van der Waals surface area contributed by atoms with Crippen molar-refractivity contribution in [2.24, 2.45) is 4.99 Å². The Balaban J connectivity index is 2.49. The first-order chi connectivity index (χ1) is 9.45. The summed E-state index contributed by atoms with van der Waals surface area (Å²) in [5.74, 6) is -9.16. The van der Waals surface area contributed by atoms with Crippen molar-refractivity contribution in [3.63, 3.8) is 0 Å². The predicted molar refractivity (Wildman–Crippen MR) is 63.6 cm³/mol. The Morgan fingerprint density at radius 2 is 1.40 bits per heavy atom. The summed E-state index contributed by atoms with van der Waals surface area (Å²) in [5.41, 5.74) is -1.15. The number of ether oxygens (including phenoxy) is 1. The van der Waals surface area contributed by atoms with Crippen LogP contribution in [0.1, 0.15) is 0 Å². The van der Waals surface area contributed by atoms with E-state index < -0.39 is 34.8 Å². The summed E-state index contributed by atoms with van der Waals surface area (Å²) < 4.78 is 57.9. The van der Waals surface area contributed by atoms with Crippen molar-refractivity contribution >= 4 is 17.2 Å². The van der Waals surface area contributed by atoms with E-state index in [4.69, 9.17) is 4.74 Å². The first-order valence-electron chi connectivity index (χ1n) is 5.34. The maximum atomic E-state index is 13.4. The number of hydrogen-bond acceptors (Lipinski definition) is 3. The molecule has 0 saturated carbocycles. The van der Waals surface area contributed by atoms with Crippen molar-refractivity contribution in [3.05, 3.63) is 47.6 Å². The lowest BCUT2D eigenvalue weighted by Gasteiger charge is -2.09. The molecular formula is C13H7F4NO2. The minimum absolute atomic E-state index is 0.0426. The van der Waals surface area contributed by atoms with Gasteiger partial charge in [0.15, 0.2) is 11.7 Å². The van der Waals surface area contributed by atoms with E-state index in [9.17, 15) is 22.4 Å². The monoisotopic (exact) mass is 285 g/mol. The van der Waals surface area contributed by atoms with Crippen LogP contribution in [0.3, 0.4) is 0 Å². The molecule has 0 aromatic heterocycles. The molecule has 0 radical (unpaired) electrons. The van der Waals surface area contributed by atoms with E-state index in [0.717, 1.165) is 0 Å². The van der Waals surface area contributed by atoms with Crippen LogP contribution in [0, 0.1) is 0 Å². The summed E-state index contributed by atoms with van der Waals surface area (Å²) in [6.07, 6.45) is 0. The zero-order chi connectivity index (χ0) is 14.9. The number of ketones is 1. The lowest BCUT2D eigenvalue weighted by molar-refractivity contribution is -0.115. The Morgan fingerprint density at radius 3 is 1.85 bits per heavy atom. The number of aliphatic imine (C=N–C) groups is 1. The van der Waals surface area contributed by atoms with Crippen molar-refractivity contribution in [3.8, 4) is 5.75 Å². The largest absolute Gasteiger partial charge is 0.497 e. The topological polar surface area (TPSA) is 38.7 Å². The smallest absolute Gasteiger partial charge is 0.255 e. The fraction of sp³-hybridized carbons (Fsp3) is 0.0769. The van der Waals surface area contributed by atoms with Crippen LogP contribution in [-0.4, -0.2) is 18.6 Å². The van der Waals surface area contributed by atoms with Crippen LogP contribution < -0.4 is 4.74 Å². The first kappa shape index (κ1) is 14.0. The van der Waals surface area contributed by atoms with Gasteiger partial charge in [-0.15, -0.1) is 0 Å². The van der Waals surface area contributed by atoms with E-state index in [0.29, 0.717) is 5.75 Å². The molecule has 1 aromatic carbocycles. The van der Waals surface area contributed by atoms with Gasteiger partial charge in [-0.25, -0.2) is 13.8 Å². The number of halogens is 4. The summed E-state index contributed by atoms with van der Waals surface area (Å²) in [5, 5.41) is 0. The zero-order valence-electron chi connectivity index (χ0n) is 10.1. The van der Waals surface area contributed by atoms with Crippen molar-refractivity contribution in [2.75, 3.05) is 7.11 Å². The summed E-state index contributed by atoms with van der Waals surface area (Å²) in [6.45, 7) is 0. The van der Waals surface area contributed by atoms with Gasteiger partial charge in [0.1, 0.15) is 11.5 Å². The number of methoxy groups -OCH3 is 1. The summed E-state index contributed by atoms with van der Waals surface area (Å²) >= 11 is 0. The van der Waals surface area contributed by atoms with Gasteiger partial charge in [-0.1, -0.05) is 0 Å². The fourth-order valence-corrected chi connectivity index (χ4v) is 1.48. The highest BCUT2D eigenvalue weighted by Gasteiger charge is 2.35. The zero-order valence-corrected chi connectivity index (χ0v) is 10.1. The van der Waals surface area contributed by atoms with Gasteiger partial charge >= 0.3 is 0 Å². The Bertz CT molecular complexity index is 629. The molecule has 1 aromatic rings. The van der Waals surface area contributed by atoms with Crippen LogP contribution in [0.5, 0.6) is 5.75 Å². The normalized spacial score (nSPS) is 15.8. The summed E-state index contributed by atoms with van der Waals surface area (Å²) in [7, 11) is 1.42. The molecule has 0 unspecified atom stereocenters. The SMILES string of the molecule is COc1ccc(N=C2C(F)=C(F)C(=O)C(F)=C2F)cc1. The van der Waals surface area contributed by atoms with E-state index >= 15 is 0 Å². The fourth-order valence-electron chi connectivity index (χ4n) is 1.48. The Hall–Kier alpha value is -2.44. The van der Waals surface area contributed by atoms with Crippen molar-refractivity contribution in [2.45, 2.75) is 0 Å². The Kier molecular flexibility index (Phi) is 3.69. The first-order valence-corrected chi connectivity index (χ1v) is 5.34. The molecular weight excluding hydrogens is 278 g/mol. The lowest BCUT2D eigenvalue weighted by Crippen LogP contribution is -2.17. The molecule has 1 aliphatic carbocycles. The van der Waals surface area contributed by atoms with Gasteiger partial charge in [0.2, 0.25) is 11.7 Å². The van der Waals surface area contributed by atoms with E-state index in [1.165, 1.54) is 31.4 Å². The van der Waals surface area contributed by atoms with Crippen LogP contribution in [0.4, 0.5) is 23.2 Å². The third kappa shape index (κ3) is 2.34. The maximum Gasteiger partial charge on any atom is 0.255 e. The van der Waals surface area contributed by atoms with Gasteiger partial charge in [0.05, 0.1) is 12.8 Å². The molecule has 0 saturated heterocycles. The second kappa shape index (κ2) is 5.28. The van der Waals surface area contributed by atoms with Crippen LogP contribution in [0.15, 0.2) is 52.6 Å². The molecule has 3 nitrogen and oxygen atoms in total. The van der Waals surface area contributed by atoms with Crippen molar-refractivity contribution in [1.29, 1.82) is 0 Å². The maximum absolute atomic E-state index is 13.4. The van der Waals surface area contributed by atoms with Crippen LogP contribution in [0.2, 0.25) is 0 Å². The minimum Gasteiger partial charge on any atom is -0.497 e. The summed E-state index contributed by atoms with van der Waals surface area (Å²) in [4.78, 5) is 14.3. The van der Waals surface area contributed by atoms with E-state index in [1.807, 2.05) is 0 Å². The molecule has 0 amide bonds. The Labute approximate surface area is 110 Å². The second-order valence-electron chi connectivity index (χ2n) is 3.74. The van der Waals surface area contributed by atoms with Gasteiger partial charge in [0, 0.05) is 0 Å². The average Bonchev–Trinajstić information content (AvgIpc) is 2.48. The third-order valence-electron chi connectivity index (χ3n) is 2.51. The van der Waals surface area contributed by atoms with Crippen LogP contribution >= 0.6 is 0 Å². The highest BCUT2D eigenvalue weighted by atomic mass is 19.2. The molecule has 0 fully saturated rings. The summed E-state index contributed by atoms with van der Waals surface area (Å²) in [6, 6.07) is 5.56. The highest BCUT2D eigenvalue weighted by Crippen LogP contribution is 2.31. The molecule has 0 N–H and O–H groups in total. The standard InChI is InChI=1S/C13H7F4NO2/c1-20-7-4-2-6(3-5-7)18-12-8(14)10(16)13(19)11(17)9(12)15/h2-5H,1H3. The van der Waals surface area contributed by atoms with Gasteiger partial charge < -0.3 is 4.74 Å². The van der Waals surface area contributed by atoms with Crippen molar-refractivity contribution in [1.82, 2.24) is 0 Å². The quantitative estimate of drug-likeness (QED) is 0.614. The molecule has 0 spiro atoms. The van der Waals surface area contributed by atoms with Gasteiger partial charge in [-0.3, -0.25) is 4.79 Å². The van der Waals surface area contributed by atoms with Crippen LogP contribution in [-0.2, 0) is 4.79 Å². The molecule has 0 bridgehead atoms. The molecule has 104 valence electrons. The van der Waals surface area contributed by atoms with Gasteiger partial charge in [0.25, 0.3) is 5.78 Å². The molecule has 0 heterocycles. The number of benzene rings is 1. The third-order valence-corrected chi connectivity index (χ3v) is 2.51. The highest BCUT2D eigenvalue weighted by molar-refractivity contribution is 6.24. The van der Waals surface area contributed by atoms with E-state index in [2.05, 4.69) is 4.99 Å². The molecule has 2 rings (SSSR count). The second-order valence-corrected chi connectivity index (χ2v) is 3.74. The number of rotatable bonds is 2. The molecule has 0 aliphatic heterocycles. The number of nitrogens with zero attached hydrogens (tertiary/aromatic N) is 1. The average molecular weight is 285 g/mol. The van der Waals surface area contributed by atoms with E-state index in [-0.39, 0.29) is 5.69 Å². The Morgan fingerprint density at radius 1 is 0.900 bits per heavy atom. The molecule has 7 heteroatoms. The lowest BCUT2D eigenvalue weighted by atomic mass is 10.1. The van der Waals surface area contributed by atoms with E-state index in [1.54, 1.807) is 0 Å². The number of hydrogen-bond donors (Lipinski definition) is 0. The predicted octanol–water partition coefficient (Wildman–Crippen LogP) is 3.65. The molecule has 20 heavy (non-hydrogen) atoms. The number of allylic oxidation sites excluding steroid dienone is 4. The number of Topliss-reactive ketones (excluding diaryl/α,β-unsaturated/α-hetero) is 1. The number of carbonyl (C=O) groups excluding carboxylic acids is 1. The van der Waals surface area contributed by atoms with Crippen molar-refractivity contribution < 1.29 is 27.1 Å². The van der Waals surface area contributed by atoms with Gasteiger partial charge in [-0.05, 0) is 24.3 Å². The van der Waals surface area contributed by atoms with Crippen LogP contribution in [0.25, 0.3) is 0 Å². The minimum atomic E-state index is -2.00. The molecule has 1 aliphatic rings.